The number of pyridine rings is 1. The Morgan fingerprint density at radius 3 is 2.73 bits per heavy atom. The molecule has 166 valence electrons. The first kappa shape index (κ1) is 22.0. The van der Waals surface area contributed by atoms with Crippen LogP contribution in [0.15, 0.2) is 36.5 Å². The molecule has 7 atom stereocenters. The van der Waals surface area contributed by atoms with E-state index in [9.17, 15) is 10.2 Å². The highest BCUT2D eigenvalue weighted by Gasteiger charge is 2.56. The summed E-state index contributed by atoms with van der Waals surface area (Å²) in [5, 5.41) is 20.4. The summed E-state index contributed by atoms with van der Waals surface area (Å²) in [4.78, 5) is 4.41. The zero-order valence-electron chi connectivity index (χ0n) is 18.7. The number of aliphatic hydroxyl groups is 2. The van der Waals surface area contributed by atoms with Gasteiger partial charge in [0.1, 0.15) is 0 Å². The number of allylic oxidation sites excluding steroid dienone is 1. The first-order chi connectivity index (χ1) is 14.4. The molecule has 3 aliphatic carbocycles. The van der Waals surface area contributed by atoms with Gasteiger partial charge in [0, 0.05) is 12.8 Å². The van der Waals surface area contributed by atoms with Crippen LogP contribution in [0.4, 0.5) is 0 Å². The molecule has 1 heterocycles. The molecule has 1 aromatic rings. The van der Waals surface area contributed by atoms with Crippen LogP contribution in [0.5, 0.6) is 0 Å². The number of hydrogen-bond donors (Lipinski definition) is 2. The van der Waals surface area contributed by atoms with E-state index in [0.717, 1.165) is 44.4 Å². The second kappa shape index (κ2) is 8.72. The summed E-state index contributed by atoms with van der Waals surface area (Å²) in [6, 6.07) is 5.96. The predicted molar refractivity (Wildman–Crippen MR) is 119 cm³/mol. The number of hydrogen-bond acceptors (Lipinski definition) is 4. The Balaban J connectivity index is 1.57. The molecule has 0 radical (unpaired) electrons. The summed E-state index contributed by atoms with van der Waals surface area (Å²) < 4.78 is 6.30. The van der Waals surface area contributed by atoms with Crippen LogP contribution in [0.1, 0.15) is 64.5 Å². The minimum atomic E-state index is -0.269. The van der Waals surface area contributed by atoms with Crippen molar-refractivity contribution in [3.8, 4) is 0 Å². The summed E-state index contributed by atoms with van der Waals surface area (Å²) in [6.45, 7) is 10.7. The fourth-order valence-corrected chi connectivity index (χ4v) is 7.20. The van der Waals surface area contributed by atoms with Crippen molar-refractivity contribution in [1.82, 2.24) is 4.98 Å². The summed E-state index contributed by atoms with van der Waals surface area (Å²) in [5.41, 5.74) is 2.67. The van der Waals surface area contributed by atoms with E-state index >= 15 is 0 Å². The summed E-state index contributed by atoms with van der Waals surface area (Å²) in [6.07, 6.45) is 8.79. The van der Waals surface area contributed by atoms with Gasteiger partial charge in [-0.25, -0.2) is 0 Å². The highest BCUT2D eigenvalue weighted by atomic mass is 16.5. The Hall–Kier alpha value is -1.23. The maximum Gasteiger partial charge on any atom is 0.0887 e. The summed E-state index contributed by atoms with van der Waals surface area (Å²) >= 11 is 0. The summed E-state index contributed by atoms with van der Waals surface area (Å²) in [5.74, 6) is 1.73. The lowest BCUT2D eigenvalue weighted by Crippen LogP contribution is -2.52. The van der Waals surface area contributed by atoms with Gasteiger partial charge >= 0.3 is 0 Å². The largest absolute Gasteiger partial charge is 0.396 e. The van der Waals surface area contributed by atoms with Crippen molar-refractivity contribution in [1.29, 1.82) is 0 Å². The zero-order chi connectivity index (χ0) is 21.4. The quantitative estimate of drug-likeness (QED) is 0.660. The molecular formula is C26H39NO3. The molecular weight excluding hydrogens is 374 g/mol. The fourth-order valence-electron chi connectivity index (χ4n) is 7.20. The van der Waals surface area contributed by atoms with E-state index in [1.54, 1.807) is 0 Å². The Morgan fingerprint density at radius 2 is 2.00 bits per heavy atom. The lowest BCUT2D eigenvalue weighted by Gasteiger charge is -2.56. The minimum Gasteiger partial charge on any atom is -0.396 e. The molecule has 4 rings (SSSR count). The van der Waals surface area contributed by atoms with Crippen molar-refractivity contribution in [2.24, 2.45) is 34.5 Å². The average Bonchev–Trinajstić information content (AvgIpc) is 3.05. The Morgan fingerprint density at radius 1 is 1.17 bits per heavy atom. The number of fused-ring (bicyclic) bond motifs is 1. The summed E-state index contributed by atoms with van der Waals surface area (Å²) in [7, 11) is 0. The van der Waals surface area contributed by atoms with Gasteiger partial charge in [-0.1, -0.05) is 32.1 Å². The first-order valence-electron chi connectivity index (χ1n) is 11.8. The number of rotatable bonds is 6. The highest BCUT2D eigenvalue weighted by molar-refractivity contribution is 5.20. The van der Waals surface area contributed by atoms with Crippen LogP contribution in [0, 0.1) is 34.5 Å². The Kier molecular flexibility index (Phi) is 6.39. The molecule has 0 bridgehead atoms. The van der Waals surface area contributed by atoms with Crippen LogP contribution in [-0.4, -0.2) is 34.5 Å². The molecule has 2 N–H and O–H groups in total. The second-order valence-corrected chi connectivity index (χ2v) is 10.6. The van der Waals surface area contributed by atoms with Gasteiger partial charge in [0.05, 0.1) is 25.0 Å². The van der Waals surface area contributed by atoms with E-state index in [1.165, 1.54) is 18.4 Å². The molecule has 3 saturated carbocycles. The van der Waals surface area contributed by atoms with Crippen LogP contribution in [0.3, 0.4) is 0 Å². The van der Waals surface area contributed by atoms with Gasteiger partial charge in [-0.15, -0.1) is 0 Å². The van der Waals surface area contributed by atoms with E-state index in [-0.39, 0.29) is 29.5 Å². The third-order valence-corrected chi connectivity index (χ3v) is 9.25. The van der Waals surface area contributed by atoms with Crippen molar-refractivity contribution in [2.45, 2.75) is 71.5 Å². The Bertz CT molecular complexity index is 737. The molecule has 0 aliphatic heterocycles. The van der Waals surface area contributed by atoms with Crippen LogP contribution in [0.25, 0.3) is 0 Å². The third-order valence-electron chi connectivity index (χ3n) is 9.25. The number of aliphatic hydroxyl groups excluding tert-OH is 2. The normalized spacial score (nSPS) is 41.6. The van der Waals surface area contributed by atoms with Crippen molar-refractivity contribution < 1.29 is 14.9 Å². The number of aromatic nitrogens is 1. The molecule has 4 heteroatoms. The van der Waals surface area contributed by atoms with Crippen LogP contribution in [0.2, 0.25) is 0 Å². The van der Waals surface area contributed by atoms with Crippen molar-refractivity contribution >= 4 is 0 Å². The fraction of sp³-hybridized carbons (Fsp3) is 0.731. The van der Waals surface area contributed by atoms with Gasteiger partial charge in [-0.2, -0.15) is 0 Å². The topological polar surface area (TPSA) is 62.6 Å². The van der Waals surface area contributed by atoms with E-state index in [1.807, 2.05) is 24.4 Å². The molecule has 3 fully saturated rings. The maximum absolute atomic E-state index is 10.2. The van der Waals surface area contributed by atoms with Gasteiger partial charge in [0.2, 0.25) is 0 Å². The zero-order valence-corrected chi connectivity index (χ0v) is 18.7. The van der Waals surface area contributed by atoms with E-state index in [2.05, 4.69) is 25.4 Å². The lowest BCUT2D eigenvalue weighted by atomic mass is 9.49. The molecule has 3 aliphatic rings. The van der Waals surface area contributed by atoms with Gasteiger partial charge in [0.15, 0.2) is 0 Å². The molecule has 0 saturated heterocycles. The van der Waals surface area contributed by atoms with E-state index < -0.39 is 0 Å². The molecule has 7 unspecified atom stereocenters. The monoisotopic (exact) mass is 413 g/mol. The molecule has 30 heavy (non-hydrogen) atoms. The Labute approximate surface area is 181 Å². The molecule has 1 aromatic heterocycles. The average molecular weight is 414 g/mol. The highest BCUT2D eigenvalue weighted by Crippen LogP contribution is 2.63. The molecule has 0 amide bonds. The predicted octanol–water partition coefficient (Wildman–Crippen LogP) is 4.76. The molecule has 0 spiro atoms. The van der Waals surface area contributed by atoms with E-state index in [0.29, 0.717) is 24.4 Å². The molecule has 4 nitrogen and oxygen atoms in total. The van der Waals surface area contributed by atoms with Gasteiger partial charge in [-0.3, -0.25) is 4.98 Å². The number of nitrogens with zero attached hydrogens (tertiary/aromatic N) is 1. The maximum atomic E-state index is 10.2. The smallest absolute Gasteiger partial charge is 0.0887 e. The minimum absolute atomic E-state index is 0.0538. The van der Waals surface area contributed by atoms with Crippen LogP contribution < -0.4 is 0 Å². The van der Waals surface area contributed by atoms with Crippen molar-refractivity contribution in [2.75, 3.05) is 13.2 Å². The first-order valence-corrected chi connectivity index (χ1v) is 11.8. The van der Waals surface area contributed by atoms with Crippen LogP contribution in [-0.2, 0) is 11.3 Å². The van der Waals surface area contributed by atoms with Crippen molar-refractivity contribution in [3.63, 3.8) is 0 Å². The van der Waals surface area contributed by atoms with Crippen LogP contribution >= 0.6 is 0 Å². The van der Waals surface area contributed by atoms with E-state index in [4.69, 9.17) is 4.74 Å². The van der Waals surface area contributed by atoms with Gasteiger partial charge in [0.25, 0.3) is 0 Å². The van der Waals surface area contributed by atoms with Crippen molar-refractivity contribution in [3.05, 3.63) is 42.2 Å². The lowest BCUT2D eigenvalue weighted by molar-refractivity contribution is -0.113. The SMILES string of the molecule is C=C1CCC2C(COCc3ccccn3)C(C3(C)CCC(O)CC3CO)CCC12C. The van der Waals surface area contributed by atoms with Gasteiger partial charge < -0.3 is 14.9 Å². The van der Waals surface area contributed by atoms with Gasteiger partial charge in [-0.05, 0) is 91.6 Å². The molecule has 0 aromatic carbocycles. The third kappa shape index (κ3) is 3.87. The number of ether oxygens (including phenoxy) is 1. The standard InChI is InChI=1S/C26H39NO3/c1-18-7-8-23-22(17-30-16-20-6-4-5-13-27-20)24(10-12-25(18,23)2)26(3)11-9-21(29)14-19(26)15-28/h4-6,13,19,21-24,28-29H,1,7-12,14-17H2,2-3H3. The second-order valence-electron chi connectivity index (χ2n) is 10.6.